The molecule has 2 aliphatic rings. The van der Waals surface area contributed by atoms with Gasteiger partial charge in [-0.05, 0) is 30.5 Å². The number of nitrogens with two attached hydrogens (primary N) is 1. The Morgan fingerprint density at radius 2 is 2.04 bits per heavy atom. The van der Waals surface area contributed by atoms with E-state index >= 15 is 0 Å². The fourth-order valence-electron chi connectivity index (χ4n) is 3.51. The van der Waals surface area contributed by atoms with E-state index in [1.807, 2.05) is 4.90 Å². The van der Waals surface area contributed by atoms with Gasteiger partial charge in [-0.15, -0.1) is 0 Å². The van der Waals surface area contributed by atoms with Crippen molar-refractivity contribution in [2.45, 2.75) is 31.3 Å². The first-order valence-electron chi connectivity index (χ1n) is 7.88. The molecule has 4 N–H and O–H groups in total. The summed E-state index contributed by atoms with van der Waals surface area (Å²) in [6, 6.07) is 5.76. The average molecular weight is 320 g/mol. The van der Waals surface area contributed by atoms with Gasteiger partial charge in [0.25, 0.3) is 0 Å². The molecule has 3 unspecified atom stereocenters. The molecule has 7 heteroatoms. The van der Waals surface area contributed by atoms with Gasteiger partial charge in [0.2, 0.25) is 11.8 Å². The Labute approximate surface area is 134 Å². The number of primary amides is 1. The maximum absolute atomic E-state index is 13.0. The quantitative estimate of drug-likeness (QED) is 0.725. The Kier molecular flexibility index (Phi) is 4.58. The van der Waals surface area contributed by atoms with Crippen molar-refractivity contribution in [3.63, 3.8) is 0 Å². The normalized spacial score (nSPS) is 27.3. The molecule has 3 atom stereocenters. The molecule has 0 radical (unpaired) electrons. The second kappa shape index (κ2) is 6.64. The van der Waals surface area contributed by atoms with Crippen molar-refractivity contribution in [3.05, 3.63) is 35.6 Å². The van der Waals surface area contributed by atoms with Crippen LogP contribution < -0.4 is 16.6 Å². The van der Waals surface area contributed by atoms with Crippen LogP contribution in [0.2, 0.25) is 0 Å². The van der Waals surface area contributed by atoms with Gasteiger partial charge in [0, 0.05) is 19.1 Å². The van der Waals surface area contributed by atoms with E-state index in [9.17, 15) is 14.0 Å². The smallest absolute Gasteiger partial charge is 0.227 e. The SMILES string of the molecule is NC(=O)C1CNNC1C1CCCN1C(=O)Cc1ccc(F)cc1. The van der Waals surface area contributed by atoms with Gasteiger partial charge in [-0.1, -0.05) is 12.1 Å². The van der Waals surface area contributed by atoms with Gasteiger partial charge in [-0.2, -0.15) is 0 Å². The molecule has 0 spiro atoms. The van der Waals surface area contributed by atoms with E-state index in [-0.39, 0.29) is 42.1 Å². The minimum absolute atomic E-state index is 0.00368. The number of halogens is 1. The van der Waals surface area contributed by atoms with E-state index in [0.717, 1.165) is 18.4 Å². The fourth-order valence-corrected chi connectivity index (χ4v) is 3.51. The van der Waals surface area contributed by atoms with E-state index in [4.69, 9.17) is 5.73 Å². The molecule has 3 rings (SSSR count). The van der Waals surface area contributed by atoms with Gasteiger partial charge in [0.1, 0.15) is 5.82 Å². The third-order valence-electron chi connectivity index (χ3n) is 4.69. The monoisotopic (exact) mass is 320 g/mol. The standard InChI is InChI=1S/C16H21FN4O2/c17-11-5-3-10(4-6-11)8-14(22)21-7-1-2-13(21)15-12(16(18)23)9-19-20-15/h3-6,12-13,15,19-20H,1-2,7-9H2,(H2,18,23). The first kappa shape index (κ1) is 15.9. The first-order valence-corrected chi connectivity index (χ1v) is 7.88. The molecule has 2 aliphatic heterocycles. The molecule has 2 saturated heterocycles. The van der Waals surface area contributed by atoms with Crippen molar-refractivity contribution in [2.75, 3.05) is 13.1 Å². The van der Waals surface area contributed by atoms with Crippen LogP contribution in [0.3, 0.4) is 0 Å². The minimum Gasteiger partial charge on any atom is -0.369 e. The molecule has 1 aromatic carbocycles. The topological polar surface area (TPSA) is 87.5 Å². The molecule has 2 heterocycles. The number of hydrogen-bond donors (Lipinski definition) is 3. The zero-order chi connectivity index (χ0) is 16.4. The number of carbonyl (C=O) groups excluding carboxylic acids is 2. The largest absolute Gasteiger partial charge is 0.369 e. The van der Waals surface area contributed by atoms with Crippen molar-refractivity contribution < 1.29 is 14.0 Å². The molecule has 0 bridgehead atoms. The maximum atomic E-state index is 13.0. The Morgan fingerprint density at radius 3 is 2.74 bits per heavy atom. The fraction of sp³-hybridized carbons (Fsp3) is 0.500. The van der Waals surface area contributed by atoms with Crippen LogP contribution in [0.25, 0.3) is 0 Å². The number of hydrazine groups is 1. The molecule has 0 saturated carbocycles. The van der Waals surface area contributed by atoms with Crippen LogP contribution in [0.5, 0.6) is 0 Å². The van der Waals surface area contributed by atoms with Gasteiger partial charge < -0.3 is 10.6 Å². The Bertz CT molecular complexity index is 592. The highest BCUT2D eigenvalue weighted by Gasteiger charge is 2.42. The molecular weight excluding hydrogens is 299 g/mol. The molecular formula is C16H21FN4O2. The number of benzene rings is 1. The number of carbonyl (C=O) groups is 2. The molecule has 6 nitrogen and oxygen atoms in total. The third-order valence-corrected chi connectivity index (χ3v) is 4.69. The highest BCUT2D eigenvalue weighted by Crippen LogP contribution is 2.26. The van der Waals surface area contributed by atoms with E-state index in [0.29, 0.717) is 13.1 Å². The summed E-state index contributed by atoms with van der Waals surface area (Å²) in [5.74, 6) is -0.994. The lowest BCUT2D eigenvalue weighted by atomic mass is 9.93. The van der Waals surface area contributed by atoms with Crippen LogP contribution in [0.15, 0.2) is 24.3 Å². The first-order chi connectivity index (χ1) is 11.1. The molecule has 2 fully saturated rings. The lowest BCUT2D eigenvalue weighted by molar-refractivity contribution is -0.133. The number of nitrogens with zero attached hydrogens (tertiary/aromatic N) is 1. The average Bonchev–Trinajstić information content (AvgIpc) is 3.17. The van der Waals surface area contributed by atoms with Crippen LogP contribution in [0, 0.1) is 11.7 Å². The summed E-state index contributed by atoms with van der Waals surface area (Å²) in [7, 11) is 0. The van der Waals surface area contributed by atoms with Crippen molar-refractivity contribution in [2.24, 2.45) is 11.7 Å². The van der Waals surface area contributed by atoms with Gasteiger partial charge in [0.15, 0.2) is 0 Å². The Morgan fingerprint density at radius 1 is 1.30 bits per heavy atom. The van der Waals surface area contributed by atoms with Gasteiger partial charge in [-0.25, -0.2) is 4.39 Å². The van der Waals surface area contributed by atoms with Gasteiger partial charge in [-0.3, -0.25) is 20.4 Å². The number of rotatable bonds is 4. The number of amides is 2. The van der Waals surface area contributed by atoms with Gasteiger partial charge >= 0.3 is 0 Å². The summed E-state index contributed by atoms with van der Waals surface area (Å²) in [5, 5.41) is 0. The third kappa shape index (κ3) is 3.35. The van der Waals surface area contributed by atoms with Crippen molar-refractivity contribution >= 4 is 11.8 Å². The van der Waals surface area contributed by atoms with Crippen LogP contribution >= 0.6 is 0 Å². The molecule has 124 valence electrons. The number of nitrogens with one attached hydrogen (secondary N) is 2. The zero-order valence-corrected chi connectivity index (χ0v) is 12.8. The van der Waals surface area contributed by atoms with Crippen molar-refractivity contribution in [1.29, 1.82) is 0 Å². The van der Waals surface area contributed by atoms with E-state index in [1.165, 1.54) is 12.1 Å². The van der Waals surface area contributed by atoms with E-state index in [2.05, 4.69) is 10.9 Å². The van der Waals surface area contributed by atoms with E-state index < -0.39 is 0 Å². The van der Waals surface area contributed by atoms with Crippen LogP contribution in [0.1, 0.15) is 18.4 Å². The molecule has 23 heavy (non-hydrogen) atoms. The second-order valence-corrected chi connectivity index (χ2v) is 6.16. The zero-order valence-electron chi connectivity index (χ0n) is 12.8. The summed E-state index contributed by atoms with van der Waals surface area (Å²) in [6.07, 6.45) is 1.99. The van der Waals surface area contributed by atoms with E-state index in [1.54, 1.807) is 12.1 Å². The number of hydrogen-bond acceptors (Lipinski definition) is 4. The van der Waals surface area contributed by atoms with Crippen LogP contribution in [0.4, 0.5) is 4.39 Å². The minimum atomic E-state index is -0.356. The summed E-state index contributed by atoms with van der Waals surface area (Å²) in [4.78, 5) is 26.0. The summed E-state index contributed by atoms with van der Waals surface area (Å²) < 4.78 is 13.0. The van der Waals surface area contributed by atoms with Gasteiger partial charge in [0.05, 0.1) is 18.4 Å². The molecule has 2 amide bonds. The number of likely N-dealkylation sites (tertiary alicyclic amines) is 1. The van der Waals surface area contributed by atoms with Crippen molar-refractivity contribution in [1.82, 2.24) is 15.8 Å². The van der Waals surface area contributed by atoms with Crippen LogP contribution in [-0.2, 0) is 16.0 Å². The lowest BCUT2D eigenvalue weighted by Crippen LogP contribution is -2.52. The molecule has 0 aromatic heterocycles. The predicted octanol–water partition coefficient (Wildman–Crippen LogP) is -0.0629. The molecule has 0 aliphatic carbocycles. The Balaban J connectivity index is 1.69. The van der Waals surface area contributed by atoms with Crippen molar-refractivity contribution in [3.8, 4) is 0 Å². The highest BCUT2D eigenvalue weighted by molar-refractivity contribution is 5.80. The highest BCUT2D eigenvalue weighted by atomic mass is 19.1. The molecule has 1 aromatic rings. The predicted molar refractivity (Wildman–Crippen MR) is 82.4 cm³/mol. The second-order valence-electron chi connectivity index (χ2n) is 6.16. The lowest BCUT2D eigenvalue weighted by Gasteiger charge is -2.31. The maximum Gasteiger partial charge on any atom is 0.227 e. The van der Waals surface area contributed by atoms with Crippen LogP contribution in [-0.4, -0.2) is 41.9 Å². The summed E-state index contributed by atoms with van der Waals surface area (Å²) in [5.41, 5.74) is 12.3. The summed E-state index contributed by atoms with van der Waals surface area (Å²) >= 11 is 0. The summed E-state index contributed by atoms with van der Waals surface area (Å²) in [6.45, 7) is 1.16. The Hall–Kier alpha value is -1.99.